The molecule has 1 heterocycles. The third kappa shape index (κ3) is 3.23. The molecular formula is C14H19BrN2O3. The van der Waals surface area contributed by atoms with E-state index in [1.807, 2.05) is 24.6 Å². The highest BCUT2D eigenvalue weighted by atomic mass is 79.9. The first kappa shape index (κ1) is 15.1. The lowest BCUT2D eigenvalue weighted by atomic mass is 10.1. The second-order valence-corrected chi connectivity index (χ2v) is 6.48. The maximum Gasteiger partial charge on any atom is 0.306 e. The molecule has 1 amide bonds. The van der Waals surface area contributed by atoms with Crippen molar-refractivity contribution in [2.24, 2.45) is 5.92 Å². The molecule has 0 saturated heterocycles. The first-order valence-corrected chi connectivity index (χ1v) is 7.58. The van der Waals surface area contributed by atoms with Gasteiger partial charge in [-0.3, -0.25) is 9.59 Å². The zero-order valence-electron chi connectivity index (χ0n) is 11.6. The van der Waals surface area contributed by atoms with E-state index in [1.54, 1.807) is 6.07 Å². The molecule has 110 valence electrons. The van der Waals surface area contributed by atoms with E-state index < -0.39 is 5.97 Å². The van der Waals surface area contributed by atoms with Crippen LogP contribution in [0, 0.1) is 5.92 Å². The standard InChI is InChI=1S/C14H19BrN2O3/c1-8(2)17-7-10(15)6-12(17)13(18)16-11-4-3-9(5-11)14(19)20/h6-9,11H,3-5H2,1-2H3,(H,16,18)(H,19,20)/t9-,11+/m0/s1. The van der Waals surface area contributed by atoms with Crippen LogP contribution in [0.15, 0.2) is 16.7 Å². The van der Waals surface area contributed by atoms with Crippen LogP contribution in [0.5, 0.6) is 0 Å². The van der Waals surface area contributed by atoms with Gasteiger partial charge in [-0.15, -0.1) is 0 Å². The van der Waals surface area contributed by atoms with E-state index in [1.165, 1.54) is 0 Å². The number of hydrogen-bond acceptors (Lipinski definition) is 2. The van der Waals surface area contributed by atoms with Gasteiger partial charge in [0.2, 0.25) is 0 Å². The van der Waals surface area contributed by atoms with Gasteiger partial charge in [0.05, 0.1) is 5.92 Å². The van der Waals surface area contributed by atoms with E-state index in [9.17, 15) is 9.59 Å². The van der Waals surface area contributed by atoms with Crippen LogP contribution in [0.3, 0.4) is 0 Å². The topological polar surface area (TPSA) is 71.3 Å². The van der Waals surface area contributed by atoms with Crippen molar-refractivity contribution in [3.8, 4) is 0 Å². The average molecular weight is 343 g/mol. The molecule has 0 unspecified atom stereocenters. The molecule has 6 heteroatoms. The summed E-state index contributed by atoms with van der Waals surface area (Å²) in [4.78, 5) is 23.2. The molecule has 5 nitrogen and oxygen atoms in total. The molecule has 1 saturated carbocycles. The number of aromatic nitrogens is 1. The Bertz CT molecular complexity index is 524. The number of nitrogens with one attached hydrogen (secondary N) is 1. The summed E-state index contributed by atoms with van der Waals surface area (Å²) in [6.45, 7) is 4.03. The number of amides is 1. The summed E-state index contributed by atoms with van der Waals surface area (Å²) >= 11 is 3.38. The molecule has 0 spiro atoms. The second kappa shape index (κ2) is 5.99. The number of carboxylic acid groups (broad SMARTS) is 1. The van der Waals surface area contributed by atoms with Gasteiger partial charge in [0.1, 0.15) is 5.69 Å². The van der Waals surface area contributed by atoms with Gasteiger partial charge in [0.25, 0.3) is 5.91 Å². The molecule has 1 aromatic heterocycles. The predicted molar refractivity (Wildman–Crippen MR) is 78.7 cm³/mol. The van der Waals surface area contributed by atoms with E-state index in [2.05, 4.69) is 21.2 Å². The molecule has 0 bridgehead atoms. The minimum Gasteiger partial charge on any atom is -0.481 e. The van der Waals surface area contributed by atoms with Crippen LogP contribution in [0.1, 0.15) is 49.6 Å². The third-order valence-electron chi connectivity index (χ3n) is 3.72. The minimum atomic E-state index is -0.768. The van der Waals surface area contributed by atoms with Crippen molar-refractivity contribution in [2.45, 2.75) is 45.2 Å². The number of aliphatic carboxylic acids is 1. The third-order valence-corrected chi connectivity index (χ3v) is 4.15. The highest BCUT2D eigenvalue weighted by molar-refractivity contribution is 9.10. The Morgan fingerprint density at radius 2 is 2.15 bits per heavy atom. The van der Waals surface area contributed by atoms with Gasteiger partial charge < -0.3 is 15.0 Å². The lowest BCUT2D eigenvalue weighted by Crippen LogP contribution is -2.34. The Morgan fingerprint density at radius 1 is 1.45 bits per heavy atom. The maximum absolute atomic E-state index is 12.3. The van der Waals surface area contributed by atoms with Gasteiger partial charge in [0, 0.05) is 22.8 Å². The molecule has 1 aliphatic carbocycles. The first-order chi connectivity index (χ1) is 9.38. The first-order valence-electron chi connectivity index (χ1n) is 6.79. The number of halogens is 1. The zero-order chi connectivity index (χ0) is 14.9. The Labute approximate surface area is 126 Å². The molecule has 0 aliphatic heterocycles. The Morgan fingerprint density at radius 3 is 2.70 bits per heavy atom. The number of carboxylic acids is 1. The van der Waals surface area contributed by atoms with Crippen LogP contribution < -0.4 is 5.32 Å². The summed E-state index contributed by atoms with van der Waals surface area (Å²) in [7, 11) is 0. The van der Waals surface area contributed by atoms with Gasteiger partial charge in [-0.25, -0.2) is 0 Å². The smallest absolute Gasteiger partial charge is 0.306 e. The second-order valence-electron chi connectivity index (χ2n) is 5.56. The molecule has 1 aromatic rings. The van der Waals surface area contributed by atoms with Crippen molar-refractivity contribution < 1.29 is 14.7 Å². The van der Waals surface area contributed by atoms with Gasteiger partial charge >= 0.3 is 5.97 Å². The molecule has 0 aromatic carbocycles. The van der Waals surface area contributed by atoms with Crippen LogP contribution in [-0.2, 0) is 4.79 Å². The van der Waals surface area contributed by atoms with Crippen LogP contribution >= 0.6 is 15.9 Å². The van der Waals surface area contributed by atoms with Crippen LogP contribution in [0.25, 0.3) is 0 Å². The molecular weight excluding hydrogens is 324 g/mol. The molecule has 1 aliphatic rings. The van der Waals surface area contributed by atoms with Crippen LogP contribution in [0.2, 0.25) is 0 Å². The summed E-state index contributed by atoms with van der Waals surface area (Å²) in [6, 6.07) is 1.94. The van der Waals surface area contributed by atoms with Crippen LogP contribution in [0.4, 0.5) is 0 Å². The van der Waals surface area contributed by atoms with E-state index in [0.29, 0.717) is 18.5 Å². The summed E-state index contributed by atoms with van der Waals surface area (Å²) in [5.74, 6) is -1.24. The fourth-order valence-corrected chi connectivity index (χ4v) is 3.09. The Balaban J connectivity index is 2.04. The molecule has 0 radical (unpaired) electrons. The lowest BCUT2D eigenvalue weighted by molar-refractivity contribution is -0.141. The average Bonchev–Trinajstić information content (AvgIpc) is 2.95. The van der Waals surface area contributed by atoms with Crippen molar-refractivity contribution in [1.29, 1.82) is 0 Å². The van der Waals surface area contributed by atoms with Gasteiger partial charge in [0.15, 0.2) is 0 Å². The lowest BCUT2D eigenvalue weighted by Gasteiger charge is -2.16. The maximum atomic E-state index is 12.3. The Kier molecular flexibility index (Phi) is 4.52. The number of rotatable bonds is 4. The van der Waals surface area contributed by atoms with E-state index in [4.69, 9.17) is 5.11 Å². The summed E-state index contributed by atoms with van der Waals surface area (Å²) in [5.41, 5.74) is 0.602. The molecule has 2 rings (SSSR count). The van der Waals surface area contributed by atoms with E-state index in [-0.39, 0.29) is 23.9 Å². The van der Waals surface area contributed by atoms with Gasteiger partial charge in [-0.05, 0) is 55.1 Å². The van der Waals surface area contributed by atoms with E-state index >= 15 is 0 Å². The number of carbonyl (C=O) groups excluding carboxylic acids is 1. The van der Waals surface area contributed by atoms with Crippen molar-refractivity contribution in [2.75, 3.05) is 0 Å². The molecule has 2 N–H and O–H groups in total. The number of nitrogens with zero attached hydrogens (tertiary/aromatic N) is 1. The highest BCUT2D eigenvalue weighted by Crippen LogP contribution is 2.26. The van der Waals surface area contributed by atoms with Crippen molar-refractivity contribution in [1.82, 2.24) is 9.88 Å². The summed E-state index contributed by atoms with van der Waals surface area (Å²) < 4.78 is 2.77. The molecule has 1 fully saturated rings. The van der Waals surface area contributed by atoms with Crippen molar-refractivity contribution in [3.63, 3.8) is 0 Å². The highest BCUT2D eigenvalue weighted by Gasteiger charge is 2.31. The summed E-state index contributed by atoms with van der Waals surface area (Å²) in [5, 5.41) is 11.9. The fraction of sp³-hybridized carbons (Fsp3) is 0.571. The fourth-order valence-electron chi connectivity index (χ4n) is 2.65. The Hall–Kier alpha value is -1.30. The predicted octanol–water partition coefficient (Wildman–Crippen LogP) is 2.81. The number of hydrogen-bond donors (Lipinski definition) is 2. The molecule has 20 heavy (non-hydrogen) atoms. The van der Waals surface area contributed by atoms with E-state index in [0.717, 1.165) is 10.9 Å². The van der Waals surface area contributed by atoms with Crippen LogP contribution in [-0.4, -0.2) is 27.6 Å². The van der Waals surface area contributed by atoms with Crippen molar-refractivity contribution in [3.05, 3.63) is 22.4 Å². The number of carbonyl (C=O) groups is 2. The summed E-state index contributed by atoms with van der Waals surface area (Å²) in [6.07, 6.45) is 3.76. The largest absolute Gasteiger partial charge is 0.481 e. The monoisotopic (exact) mass is 342 g/mol. The SMILES string of the molecule is CC(C)n1cc(Br)cc1C(=O)N[C@@H]1CC[C@H](C(=O)O)C1. The minimum absolute atomic E-state index is 0.0436. The molecule has 2 atom stereocenters. The quantitative estimate of drug-likeness (QED) is 0.883. The van der Waals surface area contributed by atoms with Gasteiger partial charge in [-0.2, -0.15) is 0 Å². The zero-order valence-corrected chi connectivity index (χ0v) is 13.2. The normalized spacial score (nSPS) is 22.2. The van der Waals surface area contributed by atoms with Crippen molar-refractivity contribution >= 4 is 27.8 Å². The van der Waals surface area contributed by atoms with Gasteiger partial charge in [-0.1, -0.05) is 0 Å².